The lowest BCUT2D eigenvalue weighted by Gasteiger charge is -2.19. The van der Waals surface area contributed by atoms with Gasteiger partial charge in [0, 0.05) is 24.5 Å². The van der Waals surface area contributed by atoms with Gasteiger partial charge in [-0.15, -0.1) is 0 Å². The molecule has 1 aromatic heterocycles. The van der Waals surface area contributed by atoms with Crippen molar-refractivity contribution in [3.63, 3.8) is 0 Å². The molecule has 1 aliphatic heterocycles. The number of anilines is 2. The van der Waals surface area contributed by atoms with Crippen molar-refractivity contribution >= 4 is 23.3 Å². The highest BCUT2D eigenvalue weighted by molar-refractivity contribution is 5.97. The summed E-state index contributed by atoms with van der Waals surface area (Å²) in [6.45, 7) is 5.04. The fourth-order valence-electron chi connectivity index (χ4n) is 2.63. The van der Waals surface area contributed by atoms with Crippen LogP contribution in [0.2, 0.25) is 0 Å². The maximum Gasteiger partial charge on any atom is 0.319 e. The first-order valence-corrected chi connectivity index (χ1v) is 8.22. The monoisotopic (exact) mass is 361 g/mol. The number of hydrogen-bond donors (Lipinski definition) is 3. The van der Waals surface area contributed by atoms with Gasteiger partial charge in [0.2, 0.25) is 0 Å². The molecule has 26 heavy (non-hydrogen) atoms. The predicted molar refractivity (Wildman–Crippen MR) is 93.4 cm³/mol. The van der Waals surface area contributed by atoms with Crippen LogP contribution in [0.5, 0.6) is 5.75 Å². The number of halogens is 1. The Morgan fingerprint density at radius 3 is 3.04 bits per heavy atom. The smallest absolute Gasteiger partial charge is 0.319 e. The van der Waals surface area contributed by atoms with Gasteiger partial charge in [0.1, 0.15) is 0 Å². The number of carbonyl (C=O) groups excluding carboxylic acids is 2. The molecule has 0 atom stereocenters. The summed E-state index contributed by atoms with van der Waals surface area (Å²) in [5, 5.41) is 7.75. The number of benzene rings is 1. The molecule has 0 bridgehead atoms. The summed E-state index contributed by atoms with van der Waals surface area (Å²) in [6.07, 6.45) is 3.41. The molecule has 9 heteroatoms. The van der Waals surface area contributed by atoms with E-state index in [2.05, 4.69) is 34.8 Å². The van der Waals surface area contributed by atoms with Gasteiger partial charge in [-0.25, -0.2) is 14.2 Å². The SMILES string of the molecule is CC(C)Cn1cncc1CNC(=O)Nc1cc(F)c2c(c1)NC(=O)CO2. The molecule has 2 aromatic rings. The van der Waals surface area contributed by atoms with Crippen molar-refractivity contribution in [1.29, 1.82) is 0 Å². The zero-order chi connectivity index (χ0) is 18.7. The largest absolute Gasteiger partial charge is 0.478 e. The molecule has 138 valence electrons. The van der Waals surface area contributed by atoms with Crippen LogP contribution in [-0.4, -0.2) is 28.1 Å². The predicted octanol–water partition coefficient (Wildman–Crippen LogP) is 2.33. The number of nitrogens with one attached hydrogen (secondary N) is 3. The van der Waals surface area contributed by atoms with Crippen LogP contribution in [0.15, 0.2) is 24.7 Å². The van der Waals surface area contributed by atoms with Crippen LogP contribution < -0.4 is 20.7 Å². The summed E-state index contributed by atoms with van der Waals surface area (Å²) >= 11 is 0. The van der Waals surface area contributed by atoms with Gasteiger partial charge in [-0.3, -0.25) is 4.79 Å². The Bertz CT molecular complexity index is 834. The minimum atomic E-state index is -0.659. The van der Waals surface area contributed by atoms with Crippen LogP contribution >= 0.6 is 0 Å². The van der Waals surface area contributed by atoms with Crippen LogP contribution in [0.25, 0.3) is 0 Å². The second-order valence-electron chi connectivity index (χ2n) is 6.41. The van der Waals surface area contributed by atoms with Crippen molar-refractivity contribution < 1.29 is 18.7 Å². The molecule has 0 saturated carbocycles. The van der Waals surface area contributed by atoms with Crippen molar-refractivity contribution in [3.05, 3.63) is 36.2 Å². The van der Waals surface area contributed by atoms with Crippen molar-refractivity contribution in [2.75, 3.05) is 17.2 Å². The number of rotatable bonds is 5. The second kappa shape index (κ2) is 7.42. The first kappa shape index (κ1) is 17.7. The lowest BCUT2D eigenvalue weighted by molar-refractivity contribution is -0.118. The maximum absolute atomic E-state index is 14.0. The molecule has 3 rings (SSSR count). The normalized spacial score (nSPS) is 13.0. The zero-order valence-corrected chi connectivity index (χ0v) is 14.5. The Labute approximate surface area is 149 Å². The number of imidazole rings is 1. The number of aromatic nitrogens is 2. The van der Waals surface area contributed by atoms with Crippen LogP contribution in [0.3, 0.4) is 0 Å². The number of carbonyl (C=O) groups is 2. The fraction of sp³-hybridized carbons (Fsp3) is 0.353. The van der Waals surface area contributed by atoms with Gasteiger partial charge in [0.25, 0.3) is 5.91 Å². The molecule has 3 N–H and O–H groups in total. The lowest BCUT2D eigenvalue weighted by Crippen LogP contribution is -2.30. The van der Waals surface area contributed by atoms with E-state index in [4.69, 9.17) is 4.74 Å². The molecule has 1 aromatic carbocycles. The molecule has 8 nitrogen and oxygen atoms in total. The van der Waals surface area contributed by atoms with Gasteiger partial charge in [-0.1, -0.05) is 13.8 Å². The average Bonchev–Trinajstić information content (AvgIpc) is 2.98. The highest BCUT2D eigenvalue weighted by Gasteiger charge is 2.21. The molecule has 0 unspecified atom stereocenters. The number of hydrogen-bond acceptors (Lipinski definition) is 4. The van der Waals surface area contributed by atoms with Gasteiger partial charge in [0.15, 0.2) is 18.2 Å². The minimum Gasteiger partial charge on any atom is -0.478 e. The van der Waals surface area contributed by atoms with E-state index in [1.807, 2.05) is 4.57 Å². The standard InChI is InChI=1S/C17H20FN5O3/c1-10(2)7-23-9-19-5-12(23)6-20-17(25)21-11-3-13(18)16-14(4-11)22-15(24)8-26-16/h3-5,9-10H,6-8H2,1-2H3,(H,22,24)(H2,20,21,25). The first-order chi connectivity index (χ1) is 12.4. The van der Waals surface area contributed by atoms with E-state index in [1.165, 1.54) is 6.07 Å². The Balaban J connectivity index is 1.62. The molecule has 2 heterocycles. The summed E-state index contributed by atoms with van der Waals surface area (Å²) < 4.78 is 21.0. The molecular formula is C17H20FN5O3. The van der Waals surface area contributed by atoms with Gasteiger partial charge in [0.05, 0.1) is 24.3 Å². The Kier molecular flexibility index (Phi) is 5.06. The molecular weight excluding hydrogens is 341 g/mol. The third-order valence-corrected chi connectivity index (χ3v) is 3.71. The molecule has 1 aliphatic rings. The molecule has 3 amide bonds. The van der Waals surface area contributed by atoms with Crippen LogP contribution in [0.4, 0.5) is 20.6 Å². The quantitative estimate of drug-likeness (QED) is 0.761. The number of fused-ring (bicyclic) bond motifs is 1. The van der Waals surface area contributed by atoms with E-state index >= 15 is 0 Å². The summed E-state index contributed by atoms with van der Waals surface area (Å²) in [5.74, 6) is -0.620. The maximum atomic E-state index is 14.0. The number of urea groups is 1. The summed E-state index contributed by atoms with van der Waals surface area (Å²) in [7, 11) is 0. The molecule has 0 spiro atoms. The van der Waals surface area contributed by atoms with Crippen LogP contribution in [0.1, 0.15) is 19.5 Å². The molecule has 0 fully saturated rings. The minimum absolute atomic E-state index is 0.0341. The second-order valence-corrected chi connectivity index (χ2v) is 6.41. The molecule has 0 saturated heterocycles. The Hall–Kier alpha value is -3.10. The third kappa shape index (κ3) is 4.11. The van der Waals surface area contributed by atoms with Crippen molar-refractivity contribution in [2.45, 2.75) is 26.9 Å². The Morgan fingerprint density at radius 1 is 1.46 bits per heavy atom. The molecule has 0 aliphatic carbocycles. The fourth-order valence-corrected chi connectivity index (χ4v) is 2.63. The average molecular weight is 361 g/mol. The van der Waals surface area contributed by atoms with Crippen molar-refractivity contribution in [1.82, 2.24) is 14.9 Å². The van der Waals surface area contributed by atoms with Gasteiger partial charge >= 0.3 is 6.03 Å². The lowest BCUT2D eigenvalue weighted by atomic mass is 10.2. The van der Waals surface area contributed by atoms with Gasteiger partial charge in [-0.05, 0) is 12.0 Å². The van der Waals surface area contributed by atoms with E-state index < -0.39 is 11.8 Å². The van der Waals surface area contributed by atoms with E-state index in [-0.39, 0.29) is 36.2 Å². The number of nitrogens with zero attached hydrogens (tertiary/aromatic N) is 2. The van der Waals surface area contributed by atoms with E-state index in [1.54, 1.807) is 12.5 Å². The highest BCUT2D eigenvalue weighted by atomic mass is 19.1. The zero-order valence-electron chi connectivity index (χ0n) is 14.5. The summed E-state index contributed by atoms with van der Waals surface area (Å²) in [4.78, 5) is 27.5. The highest BCUT2D eigenvalue weighted by Crippen LogP contribution is 2.33. The first-order valence-electron chi connectivity index (χ1n) is 8.22. The van der Waals surface area contributed by atoms with Crippen LogP contribution in [-0.2, 0) is 17.9 Å². The van der Waals surface area contributed by atoms with Gasteiger partial charge in [-0.2, -0.15) is 0 Å². The number of ether oxygens (including phenoxy) is 1. The Morgan fingerprint density at radius 2 is 2.27 bits per heavy atom. The summed E-state index contributed by atoms with van der Waals surface area (Å²) in [5.41, 5.74) is 1.26. The van der Waals surface area contributed by atoms with E-state index in [0.29, 0.717) is 5.92 Å². The van der Waals surface area contributed by atoms with Gasteiger partial charge < -0.3 is 25.3 Å². The van der Waals surface area contributed by atoms with E-state index in [0.717, 1.165) is 18.3 Å². The molecule has 0 radical (unpaired) electrons. The summed E-state index contributed by atoms with van der Waals surface area (Å²) in [6, 6.07) is 2.08. The van der Waals surface area contributed by atoms with E-state index in [9.17, 15) is 14.0 Å². The topological polar surface area (TPSA) is 97.3 Å². The van der Waals surface area contributed by atoms with Crippen molar-refractivity contribution in [2.24, 2.45) is 5.92 Å². The van der Waals surface area contributed by atoms with Crippen LogP contribution in [0, 0.1) is 11.7 Å². The third-order valence-electron chi connectivity index (χ3n) is 3.71. The van der Waals surface area contributed by atoms with Crippen molar-refractivity contribution in [3.8, 4) is 5.75 Å². The number of amides is 3.